The number of imidazole rings is 2. The summed E-state index contributed by atoms with van der Waals surface area (Å²) in [5.74, 6) is -0.553. The quantitative estimate of drug-likeness (QED) is 0.526. The Kier molecular flexibility index (Phi) is 4.06. The molecular formula is C18H14F4N6. The fourth-order valence-electron chi connectivity index (χ4n) is 2.82. The highest BCUT2D eigenvalue weighted by Crippen LogP contribution is 2.32. The molecule has 3 heterocycles. The van der Waals surface area contributed by atoms with Crippen LogP contribution in [0.4, 0.5) is 28.9 Å². The Morgan fingerprint density at radius 2 is 1.82 bits per heavy atom. The molecule has 1 N–H and O–H groups in total. The van der Waals surface area contributed by atoms with E-state index in [-0.39, 0.29) is 22.7 Å². The van der Waals surface area contributed by atoms with E-state index in [1.54, 1.807) is 26.1 Å². The van der Waals surface area contributed by atoms with Gasteiger partial charge < -0.3 is 9.88 Å². The van der Waals surface area contributed by atoms with Gasteiger partial charge in [0.05, 0.1) is 35.3 Å². The van der Waals surface area contributed by atoms with Gasteiger partial charge in [-0.05, 0) is 38.1 Å². The number of hydrogen-bond acceptors (Lipinski definition) is 4. The van der Waals surface area contributed by atoms with Gasteiger partial charge in [0.2, 0.25) is 0 Å². The molecule has 144 valence electrons. The molecule has 0 saturated carbocycles. The predicted octanol–water partition coefficient (Wildman–Crippen LogP) is 4.43. The molecule has 0 radical (unpaired) electrons. The molecule has 0 amide bonds. The van der Waals surface area contributed by atoms with Crippen LogP contribution in [0.1, 0.15) is 17.1 Å². The SMILES string of the molecule is Cc1cn(-c2ccc(Nc3cc(C(F)(F)F)nn4cc(C)nc34)cc2F)cn1. The molecular weight excluding hydrogens is 376 g/mol. The number of halogens is 4. The summed E-state index contributed by atoms with van der Waals surface area (Å²) in [6, 6.07) is 5.13. The van der Waals surface area contributed by atoms with Gasteiger partial charge in [0, 0.05) is 11.9 Å². The number of nitrogens with one attached hydrogen (secondary N) is 1. The van der Waals surface area contributed by atoms with Crippen LogP contribution < -0.4 is 5.32 Å². The van der Waals surface area contributed by atoms with E-state index in [4.69, 9.17) is 0 Å². The zero-order valence-corrected chi connectivity index (χ0v) is 14.8. The number of rotatable bonds is 3. The molecule has 3 aromatic heterocycles. The minimum absolute atomic E-state index is 0.0704. The van der Waals surface area contributed by atoms with Crippen LogP contribution in [0.2, 0.25) is 0 Å². The van der Waals surface area contributed by atoms with Gasteiger partial charge in [-0.15, -0.1) is 0 Å². The van der Waals surface area contributed by atoms with Gasteiger partial charge in [-0.1, -0.05) is 0 Å². The topological polar surface area (TPSA) is 60.0 Å². The maximum atomic E-state index is 14.5. The van der Waals surface area contributed by atoms with Crippen molar-refractivity contribution < 1.29 is 17.6 Å². The molecule has 0 spiro atoms. The molecule has 6 nitrogen and oxygen atoms in total. The minimum Gasteiger partial charge on any atom is -0.352 e. The highest BCUT2D eigenvalue weighted by Gasteiger charge is 2.34. The number of hydrogen-bond donors (Lipinski definition) is 1. The van der Waals surface area contributed by atoms with E-state index in [2.05, 4.69) is 20.4 Å². The molecule has 0 atom stereocenters. The van der Waals surface area contributed by atoms with Crippen molar-refractivity contribution in [1.82, 2.24) is 24.1 Å². The van der Waals surface area contributed by atoms with Gasteiger partial charge in [0.25, 0.3) is 0 Å². The van der Waals surface area contributed by atoms with Gasteiger partial charge in [-0.25, -0.2) is 18.9 Å². The molecule has 4 rings (SSSR count). The molecule has 0 aliphatic heterocycles. The highest BCUT2D eigenvalue weighted by molar-refractivity contribution is 5.74. The van der Waals surface area contributed by atoms with E-state index in [1.807, 2.05) is 0 Å². The van der Waals surface area contributed by atoms with E-state index in [0.29, 0.717) is 5.69 Å². The third kappa shape index (κ3) is 3.28. The number of nitrogens with zero attached hydrogens (tertiary/aromatic N) is 5. The molecule has 10 heteroatoms. The average molecular weight is 390 g/mol. The molecule has 28 heavy (non-hydrogen) atoms. The Balaban J connectivity index is 1.74. The van der Waals surface area contributed by atoms with Crippen molar-refractivity contribution in [2.45, 2.75) is 20.0 Å². The maximum Gasteiger partial charge on any atom is 0.435 e. The van der Waals surface area contributed by atoms with Gasteiger partial charge in [-0.3, -0.25) is 0 Å². The summed E-state index contributed by atoms with van der Waals surface area (Å²) in [7, 11) is 0. The lowest BCUT2D eigenvalue weighted by Crippen LogP contribution is -2.12. The number of aryl methyl sites for hydroxylation is 2. The summed E-state index contributed by atoms with van der Waals surface area (Å²) in [6.07, 6.45) is -0.0883. The molecule has 1 aromatic carbocycles. The van der Waals surface area contributed by atoms with Crippen LogP contribution >= 0.6 is 0 Å². The first-order valence-electron chi connectivity index (χ1n) is 8.22. The fourth-order valence-corrected chi connectivity index (χ4v) is 2.82. The third-order valence-electron chi connectivity index (χ3n) is 4.05. The summed E-state index contributed by atoms with van der Waals surface area (Å²) in [5, 5.41) is 6.36. The van der Waals surface area contributed by atoms with Crippen LogP contribution in [0.25, 0.3) is 11.3 Å². The van der Waals surface area contributed by atoms with Gasteiger partial charge in [0.15, 0.2) is 11.3 Å². The first kappa shape index (κ1) is 18.0. The Morgan fingerprint density at radius 3 is 2.46 bits per heavy atom. The van der Waals surface area contributed by atoms with Crippen LogP contribution in [0, 0.1) is 19.7 Å². The van der Waals surface area contributed by atoms with E-state index in [1.165, 1.54) is 29.2 Å². The second-order valence-electron chi connectivity index (χ2n) is 6.30. The monoisotopic (exact) mass is 390 g/mol. The Labute approximate surface area is 156 Å². The van der Waals surface area contributed by atoms with Crippen molar-refractivity contribution in [3.8, 4) is 5.69 Å². The standard InChI is InChI=1S/C18H14F4N6/c1-10-7-27(9-23-10)15-4-3-12(5-13(15)19)25-14-6-16(18(20,21)22)26-28-8-11(2)24-17(14)28/h3-9,25H,1-2H3. The van der Waals surface area contributed by atoms with Crippen molar-refractivity contribution in [2.24, 2.45) is 0 Å². The first-order valence-corrected chi connectivity index (χ1v) is 8.22. The molecule has 0 bridgehead atoms. The zero-order valence-electron chi connectivity index (χ0n) is 14.8. The normalized spacial score (nSPS) is 11.9. The predicted molar refractivity (Wildman–Crippen MR) is 94.3 cm³/mol. The molecule has 4 aromatic rings. The fraction of sp³-hybridized carbons (Fsp3) is 0.167. The maximum absolute atomic E-state index is 14.5. The van der Waals surface area contributed by atoms with Crippen molar-refractivity contribution in [3.05, 3.63) is 65.9 Å². The van der Waals surface area contributed by atoms with Crippen molar-refractivity contribution >= 4 is 17.0 Å². The molecule has 0 aliphatic rings. The lowest BCUT2D eigenvalue weighted by atomic mass is 10.2. The summed E-state index contributed by atoms with van der Waals surface area (Å²) in [5.41, 5.74) is 0.993. The van der Waals surface area contributed by atoms with Gasteiger partial charge in [0.1, 0.15) is 5.82 Å². The number of benzene rings is 1. The summed E-state index contributed by atoms with van der Waals surface area (Å²) in [4.78, 5) is 8.24. The molecule has 0 fully saturated rings. The smallest absolute Gasteiger partial charge is 0.352 e. The molecule has 0 unspecified atom stereocenters. The Hall–Kier alpha value is -3.43. The van der Waals surface area contributed by atoms with Crippen LogP contribution in [0.15, 0.2) is 43.0 Å². The highest BCUT2D eigenvalue weighted by atomic mass is 19.4. The van der Waals surface area contributed by atoms with E-state index in [9.17, 15) is 17.6 Å². The largest absolute Gasteiger partial charge is 0.435 e. The summed E-state index contributed by atoms with van der Waals surface area (Å²) in [6.45, 7) is 3.43. The van der Waals surface area contributed by atoms with Crippen LogP contribution in [0.3, 0.4) is 0 Å². The number of anilines is 2. The van der Waals surface area contributed by atoms with Crippen LogP contribution in [0.5, 0.6) is 0 Å². The summed E-state index contributed by atoms with van der Waals surface area (Å²) >= 11 is 0. The minimum atomic E-state index is -4.63. The van der Waals surface area contributed by atoms with Crippen molar-refractivity contribution in [2.75, 3.05) is 5.32 Å². The summed E-state index contributed by atoms with van der Waals surface area (Å²) < 4.78 is 56.6. The lowest BCUT2D eigenvalue weighted by molar-refractivity contribution is -0.141. The first-order chi connectivity index (χ1) is 13.2. The Morgan fingerprint density at radius 1 is 1.04 bits per heavy atom. The van der Waals surface area contributed by atoms with E-state index in [0.717, 1.165) is 16.3 Å². The second-order valence-corrected chi connectivity index (χ2v) is 6.30. The number of aromatic nitrogens is 5. The average Bonchev–Trinajstić information content (AvgIpc) is 3.19. The van der Waals surface area contributed by atoms with Crippen molar-refractivity contribution in [3.63, 3.8) is 0 Å². The van der Waals surface area contributed by atoms with Crippen LogP contribution in [-0.4, -0.2) is 24.1 Å². The van der Waals surface area contributed by atoms with E-state index < -0.39 is 17.7 Å². The second kappa shape index (κ2) is 6.32. The van der Waals surface area contributed by atoms with Crippen LogP contribution in [-0.2, 0) is 6.18 Å². The Bertz CT molecular complexity index is 1170. The number of fused-ring (bicyclic) bond motifs is 1. The van der Waals surface area contributed by atoms with Gasteiger partial charge in [-0.2, -0.15) is 18.3 Å². The molecule has 0 aliphatic carbocycles. The molecule has 0 saturated heterocycles. The third-order valence-corrected chi connectivity index (χ3v) is 4.05. The van der Waals surface area contributed by atoms with Crippen molar-refractivity contribution in [1.29, 1.82) is 0 Å². The van der Waals surface area contributed by atoms with E-state index >= 15 is 0 Å². The zero-order chi connectivity index (χ0) is 20.1. The van der Waals surface area contributed by atoms with Gasteiger partial charge >= 0.3 is 6.18 Å². The lowest BCUT2D eigenvalue weighted by Gasteiger charge is -2.12. The number of alkyl halides is 3.